The fourth-order valence-electron chi connectivity index (χ4n) is 2.41. The molecule has 0 aliphatic carbocycles. The van der Waals surface area contributed by atoms with Crippen LogP contribution in [-0.4, -0.2) is 42.1 Å². The Balaban J connectivity index is 2.37. The summed E-state index contributed by atoms with van der Waals surface area (Å²) in [6.45, 7) is 3.64. The van der Waals surface area contributed by atoms with Gasteiger partial charge in [0.05, 0.1) is 23.9 Å². The molecule has 25 heavy (non-hydrogen) atoms. The third-order valence-corrected chi connectivity index (χ3v) is 5.51. The predicted octanol–water partition coefficient (Wildman–Crippen LogP) is 1.60. The summed E-state index contributed by atoms with van der Waals surface area (Å²) in [5.41, 5.74) is 1.11. The van der Waals surface area contributed by atoms with E-state index in [2.05, 4.69) is 10.4 Å². The molecule has 0 aliphatic rings. The summed E-state index contributed by atoms with van der Waals surface area (Å²) in [7, 11) is -0.505. The lowest BCUT2D eigenvalue weighted by atomic mass is 10.3. The van der Waals surface area contributed by atoms with Crippen LogP contribution in [0.2, 0.25) is 0 Å². The molecule has 1 N–H and O–H groups in total. The van der Waals surface area contributed by atoms with Gasteiger partial charge >= 0.3 is 0 Å². The van der Waals surface area contributed by atoms with Crippen LogP contribution in [0.15, 0.2) is 35.5 Å². The maximum atomic E-state index is 13.0. The topological polar surface area (TPSA) is 93.5 Å². The van der Waals surface area contributed by atoms with Crippen molar-refractivity contribution in [2.75, 3.05) is 19.0 Å². The SMILES string of the molecule is CCN(Cc1cnn(C)c1)S(=O)(=O)c1ccc(OC)c(NC(C)=O)c1. The molecule has 0 atom stereocenters. The molecule has 0 saturated heterocycles. The number of methoxy groups -OCH3 is 1. The highest BCUT2D eigenvalue weighted by Crippen LogP contribution is 2.29. The van der Waals surface area contributed by atoms with Gasteiger partial charge in [-0.15, -0.1) is 0 Å². The molecule has 0 radical (unpaired) electrons. The van der Waals surface area contributed by atoms with Gasteiger partial charge < -0.3 is 10.1 Å². The molecule has 0 bridgehead atoms. The van der Waals surface area contributed by atoms with Crippen molar-refractivity contribution in [1.29, 1.82) is 0 Å². The number of nitrogens with zero attached hydrogens (tertiary/aromatic N) is 3. The van der Waals surface area contributed by atoms with Crippen LogP contribution in [0.4, 0.5) is 5.69 Å². The maximum Gasteiger partial charge on any atom is 0.243 e. The molecule has 0 saturated carbocycles. The van der Waals surface area contributed by atoms with Crippen LogP contribution in [0.5, 0.6) is 5.75 Å². The molecule has 136 valence electrons. The number of carbonyl (C=O) groups is 1. The largest absolute Gasteiger partial charge is 0.495 e. The number of benzene rings is 1. The second-order valence-corrected chi connectivity index (χ2v) is 7.43. The standard InChI is InChI=1S/C16H22N4O4S/c1-5-20(11-13-9-17-19(3)10-13)25(22,23)14-6-7-16(24-4)15(8-14)18-12(2)21/h6-10H,5,11H2,1-4H3,(H,18,21). The first-order valence-corrected chi connectivity index (χ1v) is 9.15. The molecule has 1 amide bonds. The van der Waals surface area contributed by atoms with Gasteiger partial charge in [-0.25, -0.2) is 8.42 Å². The lowest BCUT2D eigenvalue weighted by Crippen LogP contribution is -2.30. The molecular weight excluding hydrogens is 344 g/mol. The van der Waals surface area contributed by atoms with E-state index in [1.54, 1.807) is 31.0 Å². The molecule has 0 unspecified atom stereocenters. The smallest absolute Gasteiger partial charge is 0.243 e. The van der Waals surface area contributed by atoms with Crippen molar-refractivity contribution >= 4 is 21.6 Å². The Morgan fingerprint density at radius 2 is 2.12 bits per heavy atom. The first-order valence-electron chi connectivity index (χ1n) is 7.71. The molecule has 8 nitrogen and oxygen atoms in total. The number of ether oxygens (including phenoxy) is 1. The molecule has 1 heterocycles. The van der Waals surface area contributed by atoms with Crippen LogP contribution < -0.4 is 10.1 Å². The van der Waals surface area contributed by atoms with Crippen molar-refractivity contribution in [3.05, 3.63) is 36.2 Å². The minimum atomic E-state index is -3.73. The van der Waals surface area contributed by atoms with Gasteiger partial charge in [-0.1, -0.05) is 6.92 Å². The van der Waals surface area contributed by atoms with E-state index >= 15 is 0 Å². The van der Waals surface area contributed by atoms with Gasteiger partial charge in [-0.05, 0) is 18.2 Å². The molecule has 1 aromatic carbocycles. The number of anilines is 1. The molecule has 0 aliphatic heterocycles. The first-order chi connectivity index (χ1) is 11.8. The van der Waals surface area contributed by atoms with E-state index in [1.807, 2.05) is 0 Å². The van der Waals surface area contributed by atoms with E-state index < -0.39 is 10.0 Å². The Bertz CT molecular complexity index is 861. The van der Waals surface area contributed by atoms with E-state index in [0.717, 1.165) is 5.56 Å². The molecule has 2 rings (SSSR count). The zero-order valence-corrected chi connectivity index (χ0v) is 15.5. The molecule has 2 aromatic rings. The second kappa shape index (κ2) is 7.66. The number of aryl methyl sites for hydroxylation is 1. The Morgan fingerprint density at radius 3 is 2.64 bits per heavy atom. The van der Waals surface area contributed by atoms with Crippen molar-refractivity contribution < 1.29 is 17.9 Å². The zero-order chi connectivity index (χ0) is 18.6. The van der Waals surface area contributed by atoms with E-state index in [1.165, 1.54) is 36.5 Å². The number of hydrogen-bond donors (Lipinski definition) is 1. The Morgan fingerprint density at radius 1 is 1.40 bits per heavy atom. The monoisotopic (exact) mass is 366 g/mol. The van der Waals surface area contributed by atoms with Crippen molar-refractivity contribution in [1.82, 2.24) is 14.1 Å². The Kier molecular flexibility index (Phi) is 5.81. The van der Waals surface area contributed by atoms with Crippen LogP contribution in [0.25, 0.3) is 0 Å². The number of carbonyl (C=O) groups excluding carboxylic acids is 1. The van der Waals surface area contributed by atoms with Crippen molar-refractivity contribution in [3.63, 3.8) is 0 Å². The average Bonchev–Trinajstić information content (AvgIpc) is 2.97. The van der Waals surface area contributed by atoms with Crippen LogP contribution in [0, 0.1) is 0 Å². The lowest BCUT2D eigenvalue weighted by Gasteiger charge is -2.20. The van der Waals surface area contributed by atoms with Gasteiger partial charge in [0.2, 0.25) is 15.9 Å². The quantitative estimate of drug-likeness (QED) is 0.803. The van der Waals surface area contributed by atoms with Crippen LogP contribution >= 0.6 is 0 Å². The van der Waals surface area contributed by atoms with E-state index in [9.17, 15) is 13.2 Å². The zero-order valence-electron chi connectivity index (χ0n) is 14.7. The van der Waals surface area contributed by atoms with Gasteiger partial charge in [0.15, 0.2) is 0 Å². The number of rotatable bonds is 7. The number of aromatic nitrogens is 2. The average molecular weight is 366 g/mol. The van der Waals surface area contributed by atoms with Crippen LogP contribution in [-0.2, 0) is 28.4 Å². The lowest BCUT2D eigenvalue weighted by molar-refractivity contribution is -0.114. The molecule has 1 aromatic heterocycles. The highest BCUT2D eigenvalue weighted by molar-refractivity contribution is 7.89. The van der Waals surface area contributed by atoms with Gasteiger partial charge in [-0.2, -0.15) is 9.40 Å². The summed E-state index contributed by atoms with van der Waals surface area (Å²) in [6, 6.07) is 4.39. The number of hydrogen-bond acceptors (Lipinski definition) is 5. The molecule has 0 spiro atoms. The number of sulfonamides is 1. The number of amides is 1. The molecule has 9 heteroatoms. The summed E-state index contributed by atoms with van der Waals surface area (Å²) in [4.78, 5) is 11.4. The fourth-order valence-corrected chi connectivity index (χ4v) is 3.87. The molecule has 0 fully saturated rings. The summed E-state index contributed by atoms with van der Waals surface area (Å²) in [6.07, 6.45) is 3.41. The van der Waals surface area contributed by atoms with Crippen LogP contribution in [0.1, 0.15) is 19.4 Å². The second-order valence-electron chi connectivity index (χ2n) is 5.50. The summed E-state index contributed by atoms with van der Waals surface area (Å²) in [5, 5.41) is 6.65. The van der Waals surface area contributed by atoms with E-state index in [0.29, 0.717) is 18.0 Å². The summed E-state index contributed by atoms with van der Waals surface area (Å²) in [5.74, 6) is 0.0833. The summed E-state index contributed by atoms with van der Waals surface area (Å²) >= 11 is 0. The van der Waals surface area contributed by atoms with E-state index in [4.69, 9.17) is 4.74 Å². The van der Waals surface area contributed by atoms with Gasteiger partial charge in [-0.3, -0.25) is 9.48 Å². The maximum absolute atomic E-state index is 13.0. The van der Waals surface area contributed by atoms with Gasteiger partial charge in [0.1, 0.15) is 5.75 Å². The van der Waals surface area contributed by atoms with Crippen molar-refractivity contribution in [3.8, 4) is 5.75 Å². The Labute approximate surface area is 147 Å². The third-order valence-electron chi connectivity index (χ3n) is 3.59. The van der Waals surface area contributed by atoms with E-state index in [-0.39, 0.29) is 17.3 Å². The predicted molar refractivity (Wildman–Crippen MR) is 93.8 cm³/mol. The van der Waals surface area contributed by atoms with Crippen molar-refractivity contribution in [2.45, 2.75) is 25.3 Å². The fraction of sp³-hybridized carbons (Fsp3) is 0.375. The van der Waals surface area contributed by atoms with Gasteiger partial charge in [0, 0.05) is 38.8 Å². The minimum Gasteiger partial charge on any atom is -0.495 e. The first kappa shape index (κ1) is 18.9. The summed E-state index contributed by atoms with van der Waals surface area (Å²) < 4.78 is 34.1. The molecular formula is C16H22N4O4S. The van der Waals surface area contributed by atoms with Crippen molar-refractivity contribution in [2.24, 2.45) is 7.05 Å². The number of nitrogens with one attached hydrogen (secondary N) is 1. The van der Waals surface area contributed by atoms with Gasteiger partial charge in [0.25, 0.3) is 0 Å². The minimum absolute atomic E-state index is 0.0859. The highest BCUT2D eigenvalue weighted by Gasteiger charge is 2.25. The normalized spacial score (nSPS) is 11.6. The Hall–Kier alpha value is -2.39. The van der Waals surface area contributed by atoms with Crippen LogP contribution in [0.3, 0.4) is 0 Å². The highest BCUT2D eigenvalue weighted by atomic mass is 32.2. The third kappa shape index (κ3) is 4.37.